The van der Waals surface area contributed by atoms with Gasteiger partial charge in [-0.2, -0.15) is 0 Å². The van der Waals surface area contributed by atoms with Crippen molar-refractivity contribution in [1.82, 2.24) is 9.80 Å². The second kappa shape index (κ2) is 6.79. The Morgan fingerprint density at radius 3 is 2.78 bits per heavy atom. The molecule has 0 bridgehead atoms. The molecule has 23 heavy (non-hydrogen) atoms. The maximum absolute atomic E-state index is 12.4. The molecule has 1 unspecified atom stereocenters. The first-order valence-corrected chi connectivity index (χ1v) is 8.45. The normalized spacial score (nSPS) is 20.8. The van der Waals surface area contributed by atoms with Crippen molar-refractivity contribution in [2.45, 2.75) is 38.8 Å². The molecular weight excluding hydrogens is 292 g/mol. The molecule has 1 fully saturated rings. The molecule has 5 heteroatoms. The van der Waals surface area contributed by atoms with Crippen LogP contribution in [-0.2, 0) is 4.79 Å². The van der Waals surface area contributed by atoms with E-state index in [1.807, 2.05) is 31.9 Å². The topological polar surface area (TPSA) is 42.0 Å². The van der Waals surface area contributed by atoms with Gasteiger partial charge in [0.1, 0.15) is 13.2 Å². The van der Waals surface area contributed by atoms with E-state index in [0.29, 0.717) is 19.8 Å². The lowest BCUT2D eigenvalue weighted by Crippen LogP contribution is -2.41. The molecule has 0 radical (unpaired) electrons. The quantitative estimate of drug-likeness (QED) is 0.855. The van der Waals surface area contributed by atoms with E-state index in [1.54, 1.807) is 0 Å². The zero-order valence-electron chi connectivity index (χ0n) is 14.2. The van der Waals surface area contributed by atoms with Crippen LogP contribution in [-0.4, -0.2) is 55.1 Å². The maximum Gasteiger partial charge on any atom is 0.236 e. The summed E-state index contributed by atoms with van der Waals surface area (Å²) in [4.78, 5) is 16.5. The largest absolute Gasteiger partial charge is 0.486 e. The number of amides is 1. The number of ether oxygens (including phenoxy) is 2. The van der Waals surface area contributed by atoms with Crippen molar-refractivity contribution in [3.05, 3.63) is 23.8 Å². The van der Waals surface area contributed by atoms with Crippen molar-refractivity contribution >= 4 is 5.91 Å². The predicted molar refractivity (Wildman–Crippen MR) is 88.9 cm³/mol. The Morgan fingerprint density at radius 2 is 2.04 bits per heavy atom. The van der Waals surface area contributed by atoms with Crippen LogP contribution in [0.5, 0.6) is 11.5 Å². The van der Waals surface area contributed by atoms with Gasteiger partial charge in [0.05, 0.1) is 6.54 Å². The molecule has 0 aromatic heterocycles. The van der Waals surface area contributed by atoms with Gasteiger partial charge in [-0.25, -0.2) is 0 Å². The fourth-order valence-electron chi connectivity index (χ4n) is 3.23. The molecule has 0 spiro atoms. The molecule has 2 aliphatic heterocycles. The first kappa shape index (κ1) is 16.1. The summed E-state index contributed by atoms with van der Waals surface area (Å²) in [7, 11) is 1.88. The average Bonchev–Trinajstić information content (AvgIpc) is 3.01. The van der Waals surface area contributed by atoms with Crippen LogP contribution < -0.4 is 9.47 Å². The molecule has 1 atom stereocenters. The molecule has 126 valence electrons. The lowest BCUT2D eigenvalue weighted by molar-refractivity contribution is -0.132. The minimum Gasteiger partial charge on any atom is -0.486 e. The van der Waals surface area contributed by atoms with Crippen LogP contribution in [0.2, 0.25) is 0 Å². The Labute approximate surface area is 138 Å². The van der Waals surface area contributed by atoms with Crippen LogP contribution in [0.3, 0.4) is 0 Å². The summed E-state index contributed by atoms with van der Waals surface area (Å²) >= 11 is 0. The molecule has 0 saturated carbocycles. The van der Waals surface area contributed by atoms with Gasteiger partial charge in [-0.1, -0.05) is 6.07 Å². The standard InChI is InChI=1S/C18H26N2O3/c1-13(2)19(3)18(21)12-20-8-4-5-15(20)14-6-7-16-17(11-14)23-10-9-22-16/h6-7,11,13,15H,4-5,8-10,12H2,1-3H3. The van der Waals surface area contributed by atoms with Gasteiger partial charge < -0.3 is 14.4 Å². The highest BCUT2D eigenvalue weighted by Gasteiger charge is 2.29. The highest BCUT2D eigenvalue weighted by molar-refractivity contribution is 5.78. The van der Waals surface area contributed by atoms with Gasteiger partial charge in [0.2, 0.25) is 5.91 Å². The van der Waals surface area contributed by atoms with Crippen molar-refractivity contribution in [1.29, 1.82) is 0 Å². The molecular formula is C18H26N2O3. The van der Waals surface area contributed by atoms with Crippen LogP contribution in [0.25, 0.3) is 0 Å². The molecule has 2 aliphatic rings. The minimum absolute atomic E-state index is 0.185. The van der Waals surface area contributed by atoms with Gasteiger partial charge >= 0.3 is 0 Å². The summed E-state index contributed by atoms with van der Waals surface area (Å²) in [6, 6.07) is 6.69. The monoisotopic (exact) mass is 318 g/mol. The Kier molecular flexibility index (Phi) is 4.76. The van der Waals surface area contributed by atoms with Crippen molar-refractivity contribution in [2.75, 3.05) is 33.4 Å². The van der Waals surface area contributed by atoms with E-state index in [1.165, 1.54) is 5.56 Å². The van der Waals surface area contributed by atoms with Gasteiger partial charge in [-0.05, 0) is 50.9 Å². The zero-order chi connectivity index (χ0) is 16.4. The van der Waals surface area contributed by atoms with E-state index in [4.69, 9.17) is 9.47 Å². The number of fused-ring (bicyclic) bond motifs is 1. The fraction of sp³-hybridized carbons (Fsp3) is 0.611. The highest BCUT2D eigenvalue weighted by atomic mass is 16.6. The summed E-state index contributed by atoms with van der Waals surface area (Å²) in [5.41, 5.74) is 1.21. The Hall–Kier alpha value is -1.75. The third-order valence-electron chi connectivity index (χ3n) is 4.82. The molecule has 2 heterocycles. The summed E-state index contributed by atoms with van der Waals surface area (Å²) in [6.07, 6.45) is 2.20. The minimum atomic E-state index is 0.185. The Morgan fingerprint density at radius 1 is 1.30 bits per heavy atom. The van der Waals surface area contributed by atoms with Crippen molar-refractivity contribution < 1.29 is 14.3 Å². The number of carbonyl (C=O) groups is 1. The second-order valence-electron chi connectivity index (χ2n) is 6.63. The van der Waals surface area contributed by atoms with Crippen LogP contribution in [0.15, 0.2) is 18.2 Å². The van der Waals surface area contributed by atoms with Crippen molar-refractivity contribution in [2.24, 2.45) is 0 Å². The van der Waals surface area contributed by atoms with E-state index in [0.717, 1.165) is 30.9 Å². The van der Waals surface area contributed by atoms with Crippen LogP contribution in [0.4, 0.5) is 0 Å². The van der Waals surface area contributed by atoms with E-state index >= 15 is 0 Å². The Bertz CT molecular complexity index is 573. The number of nitrogens with zero attached hydrogens (tertiary/aromatic N) is 2. The van der Waals surface area contributed by atoms with Crippen LogP contribution in [0.1, 0.15) is 38.3 Å². The first-order valence-electron chi connectivity index (χ1n) is 8.45. The third kappa shape index (κ3) is 3.44. The number of hydrogen-bond acceptors (Lipinski definition) is 4. The van der Waals surface area contributed by atoms with E-state index in [2.05, 4.69) is 17.0 Å². The van der Waals surface area contributed by atoms with Gasteiger partial charge in [0.25, 0.3) is 0 Å². The van der Waals surface area contributed by atoms with E-state index in [9.17, 15) is 4.79 Å². The Balaban J connectivity index is 1.73. The zero-order valence-corrected chi connectivity index (χ0v) is 14.2. The summed E-state index contributed by atoms with van der Waals surface area (Å²) in [6.45, 7) is 6.74. The smallest absolute Gasteiger partial charge is 0.236 e. The molecule has 0 aliphatic carbocycles. The molecule has 1 aromatic rings. The SMILES string of the molecule is CC(C)N(C)C(=O)CN1CCCC1c1ccc2c(c1)OCCO2. The van der Waals surface area contributed by atoms with Gasteiger partial charge in [-0.15, -0.1) is 0 Å². The van der Waals surface area contributed by atoms with Crippen LogP contribution >= 0.6 is 0 Å². The molecule has 1 amide bonds. The fourth-order valence-corrected chi connectivity index (χ4v) is 3.23. The lowest BCUT2D eigenvalue weighted by Gasteiger charge is -2.29. The lowest BCUT2D eigenvalue weighted by atomic mass is 10.0. The van der Waals surface area contributed by atoms with Crippen LogP contribution in [0, 0.1) is 0 Å². The number of benzene rings is 1. The average molecular weight is 318 g/mol. The number of rotatable bonds is 4. The highest BCUT2D eigenvalue weighted by Crippen LogP contribution is 2.37. The number of hydrogen-bond donors (Lipinski definition) is 0. The molecule has 1 saturated heterocycles. The summed E-state index contributed by atoms with van der Waals surface area (Å²) in [5, 5.41) is 0. The predicted octanol–water partition coefficient (Wildman–Crippen LogP) is 2.46. The number of carbonyl (C=O) groups excluding carboxylic acids is 1. The van der Waals surface area contributed by atoms with E-state index in [-0.39, 0.29) is 18.0 Å². The first-order chi connectivity index (χ1) is 11.1. The molecule has 3 rings (SSSR count). The second-order valence-corrected chi connectivity index (χ2v) is 6.63. The van der Waals surface area contributed by atoms with Crippen molar-refractivity contribution in [3.8, 4) is 11.5 Å². The van der Waals surface area contributed by atoms with Gasteiger partial charge in [0.15, 0.2) is 11.5 Å². The molecule has 1 aromatic carbocycles. The van der Waals surface area contributed by atoms with Crippen molar-refractivity contribution in [3.63, 3.8) is 0 Å². The van der Waals surface area contributed by atoms with Gasteiger partial charge in [0, 0.05) is 19.1 Å². The third-order valence-corrected chi connectivity index (χ3v) is 4.82. The van der Waals surface area contributed by atoms with E-state index < -0.39 is 0 Å². The number of likely N-dealkylation sites (tertiary alicyclic amines) is 1. The van der Waals surface area contributed by atoms with Gasteiger partial charge in [-0.3, -0.25) is 9.69 Å². The number of likely N-dealkylation sites (N-methyl/N-ethyl adjacent to an activating group) is 1. The maximum atomic E-state index is 12.4. The summed E-state index contributed by atoms with van der Waals surface area (Å²) < 4.78 is 11.3. The molecule has 5 nitrogen and oxygen atoms in total. The summed E-state index contributed by atoms with van der Waals surface area (Å²) in [5.74, 6) is 1.83. The molecule has 0 N–H and O–H groups in total.